The number of ether oxygens (including phenoxy) is 1. The summed E-state index contributed by atoms with van der Waals surface area (Å²) < 4.78 is 6.35. The van der Waals surface area contributed by atoms with Crippen LogP contribution in [0.1, 0.15) is 129 Å². The number of rotatable bonds is 17. The zero-order valence-electron chi connectivity index (χ0n) is 43.6. The number of hydrogen-bond donors (Lipinski definition) is 5. The number of aromatic nitrogens is 1. The van der Waals surface area contributed by atoms with Crippen molar-refractivity contribution < 1.29 is 33.8 Å². The topological polar surface area (TPSA) is 179 Å². The van der Waals surface area contributed by atoms with Gasteiger partial charge in [0, 0.05) is 59.8 Å². The number of carbonyl (C=O) groups excluding carboxylic acids is 5. The molecule has 4 fully saturated rings. The Balaban J connectivity index is 0.706. The Morgan fingerprint density at radius 3 is 2.42 bits per heavy atom. The smallest absolute Gasteiger partial charge is 0.246 e. The molecule has 5 amide bonds. The standard InChI is InChI=1S/C59H76N6O7S/c1-36-52(73-35-61-36)38-21-19-37(20-22-38)33-60-55(70)47-32-39(66)34-65(47)56(71)53(57(2,3)4)64-50(67)18-10-8-7-9-11-31-72-48-17-13-14-40-41(48)15-12-16-46(40)62-54(69)45-25-24-43-42-23-26-49-59(6,30-28-51(68)63-49)44(42)27-29-58(43,45)5/h12-17,19-22,28,30,35,39,42-45,47,49,53,66H,7-11,18,23-27,29,31-34H2,1-6H3,(H,60,70)(H,62,69)(H,63,68)(H,64,67)/t39-,42+,43+,44+,45-,47+,49-,53-,58+,59-/m1/s1. The van der Waals surface area contributed by atoms with Crippen molar-refractivity contribution in [3.05, 3.63) is 89.6 Å². The molecule has 1 saturated heterocycles. The summed E-state index contributed by atoms with van der Waals surface area (Å²) in [5, 5.41) is 25.2. The van der Waals surface area contributed by atoms with Gasteiger partial charge in [-0.1, -0.05) is 108 Å². The molecule has 3 aliphatic carbocycles. The number of amides is 5. The molecule has 2 aliphatic heterocycles. The van der Waals surface area contributed by atoms with Crippen LogP contribution in [0.15, 0.2) is 78.3 Å². The van der Waals surface area contributed by atoms with Crippen LogP contribution >= 0.6 is 11.3 Å². The van der Waals surface area contributed by atoms with Gasteiger partial charge in [-0.15, -0.1) is 11.3 Å². The average molecular weight is 1010 g/mol. The SMILES string of the molecule is Cc1ncsc1-c1ccc(CNC(=O)[C@@H]2C[C@@H](O)CN2C(=O)[C@@H](NC(=O)CCCCCCCOc2cccc3c(NC(=O)[C@H]4CC[C@H]5[C@@H]6CC[C@H]7NC(=O)C=C[C@]7(C)[C@H]6CC[C@]45C)cccc23)C(C)(C)C)cc1. The highest BCUT2D eigenvalue weighted by Crippen LogP contribution is 2.65. The first-order chi connectivity index (χ1) is 34.9. The molecule has 5 N–H and O–H groups in total. The quantitative estimate of drug-likeness (QED) is 0.0649. The second-order valence-corrected chi connectivity index (χ2v) is 24.2. The molecular weight excluding hydrogens is 937 g/mol. The molecule has 1 aromatic heterocycles. The number of carbonyl (C=O) groups is 5. The van der Waals surface area contributed by atoms with E-state index in [1.165, 1.54) is 4.90 Å². The number of likely N-dealkylation sites (tertiary alicyclic amines) is 1. The highest BCUT2D eigenvalue weighted by atomic mass is 32.1. The zero-order chi connectivity index (χ0) is 51.7. The average Bonchev–Trinajstić information content (AvgIpc) is 4.09. The van der Waals surface area contributed by atoms with Crippen LogP contribution in [0.5, 0.6) is 5.75 Å². The lowest BCUT2D eigenvalue weighted by molar-refractivity contribution is -0.144. The number of aliphatic hydroxyl groups is 1. The molecule has 10 atom stereocenters. The molecule has 390 valence electrons. The lowest BCUT2D eigenvalue weighted by Gasteiger charge is -2.58. The van der Waals surface area contributed by atoms with E-state index < -0.39 is 23.6 Å². The summed E-state index contributed by atoms with van der Waals surface area (Å²) in [6, 6.07) is 18.5. The van der Waals surface area contributed by atoms with Gasteiger partial charge in [-0.2, -0.15) is 0 Å². The van der Waals surface area contributed by atoms with Gasteiger partial charge in [-0.05, 0) is 116 Å². The number of nitrogens with one attached hydrogen (secondary N) is 4. The summed E-state index contributed by atoms with van der Waals surface area (Å²) in [7, 11) is 0. The number of fused-ring (bicyclic) bond motifs is 6. The number of hydrogen-bond acceptors (Lipinski definition) is 9. The molecule has 5 aliphatic rings. The van der Waals surface area contributed by atoms with Crippen molar-refractivity contribution in [2.24, 2.45) is 39.9 Å². The molecule has 4 aromatic rings. The van der Waals surface area contributed by atoms with Crippen molar-refractivity contribution in [1.82, 2.24) is 25.8 Å². The monoisotopic (exact) mass is 1010 g/mol. The minimum atomic E-state index is -0.868. The van der Waals surface area contributed by atoms with E-state index in [2.05, 4.69) is 46.2 Å². The maximum atomic E-state index is 14.3. The van der Waals surface area contributed by atoms with Gasteiger partial charge in [-0.3, -0.25) is 24.0 Å². The van der Waals surface area contributed by atoms with Crippen molar-refractivity contribution in [3.8, 4) is 16.2 Å². The first-order valence-electron chi connectivity index (χ1n) is 26.9. The van der Waals surface area contributed by atoms with Gasteiger partial charge in [0.15, 0.2) is 0 Å². The Labute approximate surface area is 435 Å². The van der Waals surface area contributed by atoms with Crippen LogP contribution in [0.3, 0.4) is 0 Å². The molecule has 3 saturated carbocycles. The Hall–Kier alpha value is -5.60. The minimum Gasteiger partial charge on any atom is -0.493 e. The number of anilines is 1. The molecule has 0 unspecified atom stereocenters. The fourth-order valence-electron chi connectivity index (χ4n) is 13.6. The fraction of sp³-hybridized carbons (Fsp3) is 0.559. The first-order valence-corrected chi connectivity index (χ1v) is 27.8. The van der Waals surface area contributed by atoms with Crippen molar-refractivity contribution in [1.29, 1.82) is 0 Å². The maximum Gasteiger partial charge on any atom is 0.246 e. The maximum absolute atomic E-state index is 14.3. The summed E-state index contributed by atoms with van der Waals surface area (Å²) in [6.07, 6.45) is 13.9. The zero-order valence-corrected chi connectivity index (χ0v) is 44.5. The minimum absolute atomic E-state index is 0.0253. The second-order valence-electron chi connectivity index (χ2n) is 23.3. The van der Waals surface area contributed by atoms with Crippen LogP contribution in [-0.2, 0) is 30.5 Å². The third-order valence-electron chi connectivity index (χ3n) is 17.7. The normalized spacial score (nSPS) is 27.8. The van der Waals surface area contributed by atoms with Crippen molar-refractivity contribution in [3.63, 3.8) is 0 Å². The Kier molecular flexibility index (Phi) is 15.5. The third kappa shape index (κ3) is 11.0. The number of aliphatic hydroxyl groups excluding tert-OH is 1. The summed E-state index contributed by atoms with van der Waals surface area (Å²) in [5.41, 5.74) is 4.87. The number of benzene rings is 3. The van der Waals surface area contributed by atoms with Crippen LogP contribution in [0.2, 0.25) is 0 Å². The van der Waals surface area contributed by atoms with Gasteiger partial charge in [0.2, 0.25) is 29.5 Å². The predicted octanol–water partition coefficient (Wildman–Crippen LogP) is 9.65. The van der Waals surface area contributed by atoms with E-state index in [0.717, 1.165) is 108 Å². The number of unbranched alkanes of at least 4 members (excludes halogenated alkanes) is 4. The Bertz CT molecular complexity index is 2710. The number of nitrogens with zero attached hydrogens (tertiary/aromatic N) is 2. The van der Waals surface area contributed by atoms with E-state index in [0.29, 0.717) is 30.8 Å². The molecule has 0 spiro atoms. The van der Waals surface area contributed by atoms with Crippen LogP contribution in [0, 0.1) is 46.8 Å². The number of thiazole rings is 1. The van der Waals surface area contributed by atoms with Crippen molar-refractivity contribution >= 4 is 57.3 Å². The summed E-state index contributed by atoms with van der Waals surface area (Å²) in [5.74, 6) is 1.53. The van der Waals surface area contributed by atoms with Gasteiger partial charge in [0.1, 0.15) is 17.8 Å². The molecule has 13 nitrogen and oxygen atoms in total. The highest BCUT2D eigenvalue weighted by Gasteiger charge is 2.61. The van der Waals surface area contributed by atoms with E-state index in [9.17, 15) is 29.1 Å². The van der Waals surface area contributed by atoms with Crippen LogP contribution in [-0.4, -0.2) is 81.9 Å². The fourth-order valence-corrected chi connectivity index (χ4v) is 14.4. The summed E-state index contributed by atoms with van der Waals surface area (Å²) in [6.45, 7) is 13.2. The largest absolute Gasteiger partial charge is 0.493 e. The second kappa shape index (κ2) is 21.7. The van der Waals surface area contributed by atoms with E-state index in [4.69, 9.17) is 4.74 Å². The first kappa shape index (κ1) is 52.3. The van der Waals surface area contributed by atoms with Gasteiger partial charge in [-0.25, -0.2) is 4.98 Å². The molecular formula is C59H76N6O7S. The lowest BCUT2D eigenvalue weighted by Crippen LogP contribution is -2.59. The molecule has 14 heteroatoms. The number of β-amino-alcohol motifs (C(OH)–C–C–N with tert-alkyl or cyclic N) is 1. The van der Waals surface area contributed by atoms with Crippen molar-refractivity contribution in [2.45, 2.75) is 156 Å². The molecule has 0 bridgehead atoms. The van der Waals surface area contributed by atoms with Gasteiger partial charge in [0.05, 0.1) is 28.8 Å². The Morgan fingerprint density at radius 1 is 0.904 bits per heavy atom. The van der Waals surface area contributed by atoms with E-state index in [-0.39, 0.29) is 78.3 Å². The van der Waals surface area contributed by atoms with Gasteiger partial charge in [0.25, 0.3) is 0 Å². The van der Waals surface area contributed by atoms with Crippen LogP contribution in [0.25, 0.3) is 21.2 Å². The molecule has 3 heterocycles. The summed E-state index contributed by atoms with van der Waals surface area (Å²) >= 11 is 1.58. The van der Waals surface area contributed by atoms with Gasteiger partial charge >= 0.3 is 0 Å². The predicted molar refractivity (Wildman–Crippen MR) is 286 cm³/mol. The molecule has 9 rings (SSSR count). The highest BCUT2D eigenvalue weighted by molar-refractivity contribution is 7.13. The van der Waals surface area contributed by atoms with Crippen molar-refractivity contribution in [2.75, 3.05) is 18.5 Å². The molecule has 73 heavy (non-hydrogen) atoms. The van der Waals surface area contributed by atoms with Crippen LogP contribution in [0.4, 0.5) is 5.69 Å². The number of aryl methyl sites for hydroxylation is 1. The Morgan fingerprint density at radius 2 is 1.66 bits per heavy atom. The van der Waals surface area contributed by atoms with Gasteiger partial charge < -0.3 is 36.0 Å². The van der Waals surface area contributed by atoms with E-state index in [1.54, 1.807) is 17.4 Å². The van der Waals surface area contributed by atoms with Crippen LogP contribution < -0.4 is 26.0 Å². The third-order valence-corrected chi connectivity index (χ3v) is 18.6. The van der Waals surface area contributed by atoms with E-state index in [1.807, 2.05) is 93.9 Å². The van der Waals surface area contributed by atoms with E-state index >= 15 is 0 Å². The molecule has 0 radical (unpaired) electrons. The lowest BCUT2D eigenvalue weighted by atomic mass is 9.48. The summed E-state index contributed by atoms with van der Waals surface area (Å²) in [4.78, 5) is 74.3. The molecule has 3 aromatic carbocycles.